The molecule has 3 aromatic carbocycles. The molecule has 3 aromatic rings. The van der Waals surface area contributed by atoms with Gasteiger partial charge >= 0.3 is 0 Å². The van der Waals surface area contributed by atoms with E-state index < -0.39 is 21.7 Å². The van der Waals surface area contributed by atoms with Crippen LogP contribution in [0.4, 0.5) is 10.1 Å². The van der Waals surface area contributed by atoms with Crippen LogP contribution in [-0.4, -0.2) is 27.4 Å². The fraction of sp³-hybridized carbons (Fsp3) is 0.174. The third kappa shape index (κ3) is 5.24. The molecule has 5 nitrogen and oxygen atoms in total. The van der Waals surface area contributed by atoms with Crippen LogP contribution in [-0.2, 0) is 14.8 Å². The molecule has 1 unspecified atom stereocenters. The van der Waals surface area contributed by atoms with Gasteiger partial charge in [0.15, 0.2) is 0 Å². The number of amides is 1. The lowest BCUT2D eigenvalue weighted by Crippen LogP contribution is -2.41. The van der Waals surface area contributed by atoms with Gasteiger partial charge in [-0.2, -0.15) is 0 Å². The van der Waals surface area contributed by atoms with E-state index in [1.165, 1.54) is 12.1 Å². The molecule has 0 bridgehead atoms. The second kappa shape index (κ2) is 9.54. The van der Waals surface area contributed by atoms with Crippen LogP contribution in [0.3, 0.4) is 0 Å². The summed E-state index contributed by atoms with van der Waals surface area (Å²) in [5, 5.41) is 2.81. The molecule has 0 aliphatic carbocycles. The van der Waals surface area contributed by atoms with Crippen molar-refractivity contribution in [2.75, 3.05) is 17.4 Å². The van der Waals surface area contributed by atoms with Gasteiger partial charge in [0, 0.05) is 6.54 Å². The molecule has 0 radical (unpaired) electrons. The van der Waals surface area contributed by atoms with Crippen LogP contribution in [0.25, 0.3) is 0 Å². The first kappa shape index (κ1) is 21.5. The standard InChI is InChI=1S/C23H23FN2O3S/c1-18(19-8-4-2-5-9-19)16-25-23(27)17-26(21-10-6-3-7-11-21)30(28,29)22-14-12-20(24)13-15-22/h2-15,18H,16-17H2,1H3,(H,25,27). The van der Waals surface area contributed by atoms with Gasteiger partial charge in [0.05, 0.1) is 10.6 Å². The zero-order valence-corrected chi connectivity index (χ0v) is 17.3. The Morgan fingerprint density at radius 3 is 2.10 bits per heavy atom. The molecule has 0 heterocycles. The lowest BCUT2D eigenvalue weighted by molar-refractivity contribution is -0.119. The third-order valence-corrected chi connectivity index (χ3v) is 6.50. The van der Waals surface area contributed by atoms with Crippen molar-refractivity contribution in [3.05, 3.63) is 96.3 Å². The molecule has 30 heavy (non-hydrogen) atoms. The lowest BCUT2D eigenvalue weighted by atomic mass is 10.0. The number of carbonyl (C=O) groups excluding carboxylic acids is 1. The van der Waals surface area contributed by atoms with Crippen molar-refractivity contribution in [2.45, 2.75) is 17.7 Å². The Morgan fingerprint density at radius 1 is 0.933 bits per heavy atom. The van der Waals surface area contributed by atoms with E-state index in [1.54, 1.807) is 30.3 Å². The van der Waals surface area contributed by atoms with E-state index in [0.717, 1.165) is 22.0 Å². The number of halogens is 1. The minimum absolute atomic E-state index is 0.0778. The number of benzene rings is 3. The summed E-state index contributed by atoms with van der Waals surface area (Å²) in [5.41, 5.74) is 1.43. The number of sulfonamides is 1. The zero-order chi connectivity index (χ0) is 21.6. The Bertz CT molecular complexity index is 1070. The number of anilines is 1. The average molecular weight is 427 g/mol. The first-order chi connectivity index (χ1) is 14.4. The van der Waals surface area contributed by atoms with Gasteiger partial charge in [0.1, 0.15) is 12.4 Å². The molecule has 1 amide bonds. The van der Waals surface area contributed by atoms with Crippen molar-refractivity contribution in [1.29, 1.82) is 0 Å². The van der Waals surface area contributed by atoms with E-state index in [1.807, 2.05) is 37.3 Å². The summed E-state index contributed by atoms with van der Waals surface area (Å²) in [4.78, 5) is 12.5. The topological polar surface area (TPSA) is 66.5 Å². The lowest BCUT2D eigenvalue weighted by Gasteiger charge is -2.24. The van der Waals surface area contributed by atoms with Gasteiger partial charge in [-0.3, -0.25) is 9.10 Å². The van der Waals surface area contributed by atoms with Crippen LogP contribution in [0.2, 0.25) is 0 Å². The third-order valence-electron chi connectivity index (χ3n) is 4.71. The molecule has 156 valence electrons. The van der Waals surface area contributed by atoms with Crippen molar-refractivity contribution < 1.29 is 17.6 Å². The summed E-state index contributed by atoms with van der Waals surface area (Å²) in [6, 6.07) is 22.7. The summed E-state index contributed by atoms with van der Waals surface area (Å²) in [5.74, 6) is -0.880. The minimum Gasteiger partial charge on any atom is -0.354 e. The molecule has 3 rings (SSSR count). The van der Waals surface area contributed by atoms with E-state index in [2.05, 4.69) is 5.32 Å². The molecule has 1 atom stereocenters. The van der Waals surface area contributed by atoms with Gasteiger partial charge in [-0.05, 0) is 47.9 Å². The van der Waals surface area contributed by atoms with Gasteiger partial charge in [0.25, 0.3) is 10.0 Å². The van der Waals surface area contributed by atoms with Gasteiger partial charge < -0.3 is 5.32 Å². The second-order valence-electron chi connectivity index (χ2n) is 6.92. The van der Waals surface area contributed by atoms with Crippen LogP contribution in [0.15, 0.2) is 89.8 Å². The van der Waals surface area contributed by atoms with Crippen LogP contribution in [0.1, 0.15) is 18.4 Å². The van der Waals surface area contributed by atoms with E-state index >= 15 is 0 Å². The molecule has 0 saturated heterocycles. The van der Waals surface area contributed by atoms with Gasteiger partial charge in [-0.1, -0.05) is 55.5 Å². The van der Waals surface area contributed by atoms with E-state index in [4.69, 9.17) is 0 Å². The van der Waals surface area contributed by atoms with Crippen molar-refractivity contribution in [3.8, 4) is 0 Å². The highest BCUT2D eigenvalue weighted by Crippen LogP contribution is 2.23. The van der Waals surface area contributed by atoms with Gasteiger partial charge in [0.2, 0.25) is 5.91 Å². The van der Waals surface area contributed by atoms with E-state index in [0.29, 0.717) is 12.2 Å². The van der Waals surface area contributed by atoms with Crippen LogP contribution < -0.4 is 9.62 Å². The Labute approximate surface area is 176 Å². The first-order valence-corrected chi connectivity index (χ1v) is 11.0. The van der Waals surface area contributed by atoms with Crippen LogP contribution >= 0.6 is 0 Å². The smallest absolute Gasteiger partial charge is 0.264 e. The molecule has 0 aliphatic rings. The van der Waals surface area contributed by atoms with Gasteiger partial charge in [-0.25, -0.2) is 12.8 Å². The number of nitrogens with zero attached hydrogens (tertiary/aromatic N) is 1. The number of hydrogen-bond donors (Lipinski definition) is 1. The van der Waals surface area contributed by atoms with Crippen LogP contribution in [0.5, 0.6) is 0 Å². The molecule has 0 saturated carbocycles. The monoisotopic (exact) mass is 426 g/mol. The van der Waals surface area contributed by atoms with Crippen molar-refractivity contribution in [2.24, 2.45) is 0 Å². The number of nitrogens with one attached hydrogen (secondary N) is 1. The molecule has 0 aromatic heterocycles. The summed E-state index contributed by atoms with van der Waals surface area (Å²) >= 11 is 0. The Morgan fingerprint density at radius 2 is 1.50 bits per heavy atom. The summed E-state index contributed by atoms with van der Waals surface area (Å²) in [7, 11) is -4.05. The molecule has 0 fully saturated rings. The van der Waals surface area contributed by atoms with Crippen molar-refractivity contribution >= 4 is 21.6 Å². The quantitative estimate of drug-likeness (QED) is 0.593. The fourth-order valence-corrected chi connectivity index (χ4v) is 4.42. The summed E-state index contributed by atoms with van der Waals surface area (Å²) in [6.45, 7) is 1.98. The fourth-order valence-electron chi connectivity index (χ4n) is 3.00. The highest BCUT2D eigenvalue weighted by molar-refractivity contribution is 7.92. The molecular formula is C23H23FN2O3S. The highest BCUT2D eigenvalue weighted by Gasteiger charge is 2.27. The van der Waals surface area contributed by atoms with E-state index in [-0.39, 0.29) is 17.4 Å². The summed E-state index contributed by atoms with van der Waals surface area (Å²) < 4.78 is 40.6. The van der Waals surface area contributed by atoms with Crippen LogP contribution in [0, 0.1) is 5.82 Å². The molecule has 0 aliphatic heterocycles. The molecule has 1 N–H and O–H groups in total. The molecule has 7 heteroatoms. The predicted molar refractivity (Wildman–Crippen MR) is 115 cm³/mol. The van der Waals surface area contributed by atoms with E-state index in [9.17, 15) is 17.6 Å². The maximum atomic E-state index is 13.3. The molecule has 0 spiro atoms. The SMILES string of the molecule is CC(CNC(=O)CN(c1ccccc1)S(=O)(=O)c1ccc(F)cc1)c1ccccc1. The largest absolute Gasteiger partial charge is 0.354 e. The van der Waals surface area contributed by atoms with Crippen molar-refractivity contribution in [1.82, 2.24) is 5.32 Å². The number of carbonyl (C=O) groups is 1. The number of hydrogen-bond acceptors (Lipinski definition) is 3. The maximum Gasteiger partial charge on any atom is 0.264 e. The Kier molecular flexibility index (Phi) is 6.84. The normalized spacial score (nSPS) is 12.2. The average Bonchev–Trinajstić information content (AvgIpc) is 2.77. The number of para-hydroxylation sites is 1. The Hall–Kier alpha value is -3.19. The maximum absolute atomic E-state index is 13.3. The summed E-state index contributed by atoms with van der Waals surface area (Å²) in [6.07, 6.45) is 0. The number of rotatable bonds is 8. The van der Waals surface area contributed by atoms with Gasteiger partial charge in [-0.15, -0.1) is 0 Å². The molecular weight excluding hydrogens is 403 g/mol. The first-order valence-electron chi connectivity index (χ1n) is 9.53. The minimum atomic E-state index is -4.05. The predicted octanol–water partition coefficient (Wildman–Crippen LogP) is 3.94. The van der Waals surface area contributed by atoms with Crippen molar-refractivity contribution in [3.63, 3.8) is 0 Å². The second-order valence-corrected chi connectivity index (χ2v) is 8.78. The highest BCUT2D eigenvalue weighted by atomic mass is 32.2. The zero-order valence-electron chi connectivity index (χ0n) is 16.5. The Balaban J connectivity index is 1.78.